The van der Waals surface area contributed by atoms with Gasteiger partial charge in [0.05, 0.1) is 13.2 Å². The molecule has 2 rings (SSSR count). The zero-order valence-electron chi connectivity index (χ0n) is 10.2. The van der Waals surface area contributed by atoms with Crippen LogP contribution in [0.15, 0.2) is 6.33 Å². The molecular formula is C10H19N7O. The number of ether oxygens (including phenoxy) is 1. The Morgan fingerprint density at radius 1 is 1.28 bits per heavy atom. The first-order valence-electron chi connectivity index (χ1n) is 5.92. The third-order valence-electron chi connectivity index (χ3n) is 2.84. The maximum Gasteiger partial charge on any atom is 0.168 e. The van der Waals surface area contributed by atoms with Crippen LogP contribution in [0.1, 0.15) is 0 Å². The van der Waals surface area contributed by atoms with Gasteiger partial charge in [0.15, 0.2) is 11.6 Å². The van der Waals surface area contributed by atoms with E-state index >= 15 is 0 Å². The summed E-state index contributed by atoms with van der Waals surface area (Å²) in [7, 11) is 0. The molecule has 1 aliphatic rings. The number of hydrogen-bond donors (Lipinski definition) is 4. The van der Waals surface area contributed by atoms with Gasteiger partial charge in [0, 0.05) is 26.2 Å². The van der Waals surface area contributed by atoms with Crippen molar-refractivity contribution in [3.8, 4) is 0 Å². The lowest BCUT2D eigenvalue weighted by atomic mass is 10.4. The zero-order chi connectivity index (χ0) is 12.8. The number of hydrogen-bond acceptors (Lipinski definition) is 8. The van der Waals surface area contributed by atoms with E-state index in [1.165, 1.54) is 6.33 Å². The first kappa shape index (κ1) is 12.8. The Kier molecular flexibility index (Phi) is 4.51. The Hall–Kier alpha value is -1.64. The smallest absolute Gasteiger partial charge is 0.168 e. The summed E-state index contributed by atoms with van der Waals surface area (Å²) in [5.74, 6) is 6.33. The van der Waals surface area contributed by atoms with Crippen LogP contribution in [0.2, 0.25) is 0 Å². The van der Waals surface area contributed by atoms with Crippen molar-refractivity contribution in [2.75, 3.05) is 55.9 Å². The minimum absolute atomic E-state index is 0.430. The van der Waals surface area contributed by atoms with Gasteiger partial charge in [-0.2, -0.15) is 0 Å². The fraction of sp³-hybridized carbons (Fsp3) is 0.600. The summed E-state index contributed by atoms with van der Waals surface area (Å²) in [6, 6.07) is 0. The molecule has 100 valence electrons. The van der Waals surface area contributed by atoms with Gasteiger partial charge >= 0.3 is 0 Å². The van der Waals surface area contributed by atoms with Crippen LogP contribution in [0.4, 0.5) is 17.3 Å². The fourth-order valence-corrected chi connectivity index (χ4v) is 1.81. The molecule has 1 aliphatic heterocycles. The summed E-state index contributed by atoms with van der Waals surface area (Å²) in [5, 5.41) is 3.18. The van der Waals surface area contributed by atoms with E-state index in [9.17, 15) is 0 Å². The van der Waals surface area contributed by atoms with E-state index in [1.807, 2.05) is 0 Å². The van der Waals surface area contributed by atoms with E-state index in [-0.39, 0.29) is 0 Å². The molecule has 0 aromatic carbocycles. The van der Waals surface area contributed by atoms with Crippen molar-refractivity contribution in [1.29, 1.82) is 0 Å². The summed E-state index contributed by atoms with van der Waals surface area (Å²) in [6.45, 7) is 5.24. The molecule has 0 bridgehead atoms. The highest BCUT2D eigenvalue weighted by molar-refractivity contribution is 5.73. The van der Waals surface area contributed by atoms with Gasteiger partial charge < -0.3 is 21.2 Å². The molecule has 1 fully saturated rings. The number of anilines is 3. The number of nitrogens with two attached hydrogens (primary N) is 2. The van der Waals surface area contributed by atoms with Crippen LogP contribution in [0.25, 0.3) is 0 Å². The maximum absolute atomic E-state index is 5.85. The van der Waals surface area contributed by atoms with E-state index in [0.717, 1.165) is 39.4 Å². The summed E-state index contributed by atoms with van der Waals surface area (Å²) < 4.78 is 5.29. The second kappa shape index (κ2) is 6.34. The van der Waals surface area contributed by atoms with Crippen molar-refractivity contribution in [2.24, 2.45) is 5.84 Å². The predicted molar refractivity (Wildman–Crippen MR) is 70.0 cm³/mol. The quantitative estimate of drug-likeness (QED) is 0.394. The molecular weight excluding hydrogens is 234 g/mol. The summed E-state index contributed by atoms with van der Waals surface area (Å²) in [6.07, 6.45) is 1.42. The lowest BCUT2D eigenvalue weighted by Crippen LogP contribution is -2.39. The Bertz CT molecular complexity index is 380. The molecule has 0 unspecified atom stereocenters. The number of rotatable bonds is 5. The lowest BCUT2D eigenvalue weighted by molar-refractivity contribution is 0.0398. The van der Waals surface area contributed by atoms with Crippen LogP contribution in [-0.4, -0.2) is 54.3 Å². The van der Waals surface area contributed by atoms with Gasteiger partial charge in [-0.1, -0.05) is 0 Å². The molecule has 0 atom stereocenters. The second-order valence-electron chi connectivity index (χ2n) is 4.01. The van der Waals surface area contributed by atoms with Crippen molar-refractivity contribution in [3.63, 3.8) is 0 Å². The van der Waals surface area contributed by atoms with Gasteiger partial charge in [-0.25, -0.2) is 15.8 Å². The second-order valence-corrected chi connectivity index (χ2v) is 4.01. The van der Waals surface area contributed by atoms with E-state index in [4.69, 9.17) is 16.3 Å². The predicted octanol–water partition coefficient (Wildman–Crippen LogP) is -0.911. The van der Waals surface area contributed by atoms with Crippen LogP contribution in [0, 0.1) is 0 Å². The Morgan fingerprint density at radius 3 is 2.72 bits per heavy atom. The third-order valence-corrected chi connectivity index (χ3v) is 2.84. The standard InChI is InChI=1S/C10H19N7O/c11-8-9(14-7-15-10(8)16-12)13-1-2-17-3-5-18-6-4-17/h7H,1-6,11-12H2,(H2,13,14,15,16). The minimum Gasteiger partial charge on any atom is -0.393 e. The molecule has 18 heavy (non-hydrogen) atoms. The molecule has 8 nitrogen and oxygen atoms in total. The third kappa shape index (κ3) is 3.19. The normalized spacial score (nSPS) is 16.5. The van der Waals surface area contributed by atoms with Crippen molar-refractivity contribution < 1.29 is 4.74 Å². The van der Waals surface area contributed by atoms with Crippen LogP contribution < -0.4 is 22.3 Å². The van der Waals surface area contributed by atoms with E-state index in [0.29, 0.717) is 17.3 Å². The van der Waals surface area contributed by atoms with Crippen LogP contribution in [0.3, 0.4) is 0 Å². The molecule has 1 aromatic heterocycles. The van der Waals surface area contributed by atoms with Crippen LogP contribution >= 0.6 is 0 Å². The summed E-state index contributed by atoms with van der Waals surface area (Å²) in [5.41, 5.74) is 8.71. The SMILES string of the molecule is NNc1ncnc(NCCN2CCOCC2)c1N. The van der Waals surface area contributed by atoms with Crippen molar-refractivity contribution >= 4 is 17.3 Å². The lowest BCUT2D eigenvalue weighted by Gasteiger charge is -2.26. The van der Waals surface area contributed by atoms with Gasteiger partial charge in [0.25, 0.3) is 0 Å². The Balaban J connectivity index is 1.82. The molecule has 1 saturated heterocycles. The highest BCUT2D eigenvalue weighted by atomic mass is 16.5. The summed E-state index contributed by atoms with van der Waals surface area (Å²) in [4.78, 5) is 10.3. The molecule has 8 heteroatoms. The molecule has 0 aliphatic carbocycles. The Labute approximate surface area is 106 Å². The van der Waals surface area contributed by atoms with Crippen molar-refractivity contribution in [2.45, 2.75) is 0 Å². The number of nitrogens with zero attached hydrogens (tertiary/aromatic N) is 3. The number of nitrogen functional groups attached to an aromatic ring is 2. The molecule has 1 aromatic rings. The largest absolute Gasteiger partial charge is 0.393 e. The Morgan fingerprint density at radius 2 is 2.00 bits per heavy atom. The monoisotopic (exact) mass is 253 g/mol. The van der Waals surface area contributed by atoms with Gasteiger partial charge in [0.2, 0.25) is 0 Å². The van der Waals surface area contributed by atoms with E-state index in [1.54, 1.807) is 0 Å². The number of nitrogens with one attached hydrogen (secondary N) is 2. The number of aromatic nitrogens is 2. The average molecular weight is 253 g/mol. The highest BCUT2D eigenvalue weighted by Crippen LogP contribution is 2.20. The van der Waals surface area contributed by atoms with Gasteiger partial charge in [-0.15, -0.1) is 0 Å². The molecule has 0 radical (unpaired) electrons. The minimum atomic E-state index is 0.430. The first-order chi connectivity index (χ1) is 8.81. The fourth-order valence-electron chi connectivity index (χ4n) is 1.81. The van der Waals surface area contributed by atoms with Crippen molar-refractivity contribution in [3.05, 3.63) is 6.33 Å². The number of morpholine rings is 1. The van der Waals surface area contributed by atoms with Gasteiger partial charge in [-0.3, -0.25) is 4.90 Å². The highest BCUT2D eigenvalue weighted by Gasteiger charge is 2.10. The summed E-state index contributed by atoms with van der Waals surface area (Å²) >= 11 is 0. The topological polar surface area (TPSA) is 114 Å². The van der Waals surface area contributed by atoms with Gasteiger partial charge in [0.1, 0.15) is 12.0 Å². The first-order valence-corrected chi connectivity index (χ1v) is 5.92. The number of hydrazine groups is 1. The molecule has 0 spiro atoms. The maximum atomic E-state index is 5.85. The zero-order valence-corrected chi connectivity index (χ0v) is 10.2. The van der Waals surface area contributed by atoms with Crippen LogP contribution in [0.5, 0.6) is 0 Å². The molecule has 6 N–H and O–H groups in total. The van der Waals surface area contributed by atoms with E-state index in [2.05, 4.69) is 25.6 Å². The van der Waals surface area contributed by atoms with E-state index < -0.39 is 0 Å². The molecule has 0 saturated carbocycles. The van der Waals surface area contributed by atoms with Crippen LogP contribution in [-0.2, 0) is 4.74 Å². The molecule has 0 amide bonds. The molecule has 2 heterocycles. The van der Waals surface area contributed by atoms with Gasteiger partial charge in [-0.05, 0) is 0 Å². The average Bonchev–Trinajstić information content (AvgIpc) is 2.42. The van der Waals surface area contributed by atoms with Crippen molar-refractivity contribution in [1.82, 2.24) is 14.9 Å².